The van der Waals surface area contributed by atoms with Gasteiger partial charge in [-0.15, -0.1) is 0 Å². The number of benzene rings is 2. The summed E-state index contributed by atoms with van der Waals surface area (Å²) in [6.45, 7) is 5.86. The van der Waals surface area contributed by atoms with E-state index in [-0.39, 0.29) is 30.0 Å². The highest BCUT2D eigenvalue weighted by Crippen LogP contribution is 2.33. The molecule has 32 heavy (non-hydrogen) atoms. The first kappa shape index (κ1) is 23.3. The third-order valence-corrected chi connectivity index (χ3v) is 5.15. The van der Waals surface area contributed by atoms with Gasteiger partial charge in [0.15, 0.2) is 11.5 Å². The van der Waals surface area contributed by atoms with Crippen molar-refractivity contribution in [3.63, 3.8) is 0 Å². The molecule has 0 aliphatic carbocycles. The molecule has 1 amide bonds. The average molecular weight is 449 g/mol. The molecule has 3 rings (SSSR count). The van der Waals surface area contributed by atoms with E-state index in [1.165, 1.54) is 36.4 Å². The summed E-state index contributed by atoms with van der Waals surface area (Å²) >= 11 is 0. The van der Waals surface area contributed by atoms with Crippen LogP contribution >= 0.6 is 0 Å². The third kappa shape index (κ3) is 5.46. The SMILES string of the molecule is CC(C)[C@H](C)NC(=O)c1noc(-c2ccc(C(F)(F)F)cc2)c1CNc1ccc(F)cc1. The minimum Gasteiger partial charge on any atom is -0.381 e. The van der Waals surface area contributed by atoms with Gasteiger partial charge in [-0.25, -0.2) is 4.39 Å². The smallest absolute Gasteiger partial charge is 0.381 e. The minimum atomic E-state index is -4.47. The number of aromatic nitrogens is 1. The molecule has 0 saturated carbocycles. The molecule has 0 aliphatic rings. The van der Waals surface area contributed by atoms with Crippen molar-refractivity contribution in [1.82, 2.24) is 10.5 Å². The first-order chi connectivity index (χ1) is 15.1. The Morgan fingerprint density at radius 1 is 1.03 bits per heavy atom. The Hall–Kier alpha value is -3.36. The zero-order valence-electron chi connectivity index (χ0n) is 17.8. The van der Waals surface area contributed by atoms with Gasteiger partial charge in [-0.2, -0.15) is 13.2 Å². The molecule has 1 heterocycles. The van der Waals surface area contributed by atoms with E-state index in [2.05, 4.69) is 15.8 Å². The Labute approximate surface area is 182 Å². The highest BCUT2D eigenvalue weighted by molar-refractivity contribution is 5.95. The fraction of sp³-hybridized carbons (Fsp3) is 0.304. The van der Waals surface area contributed by atoms with Gasteiger partial charge in [0.05, 0.1) is 11.1 Å². The fourth-order valence-electron chi connectivity index (χ4n) is 2.89. The molecule has 2 N–H and O–H groups in total. The van der Waals surface area contributed by atoms with Crippen molar-refractivity contribution in [2.45, 2.75) is 39.5 Å². The van der Waals surface area contributed by atoms with Crippen molar-refractivity contribution in [2.24, 2.45) is 5.92 Å². The molecule has 0 fully saturated rings. The second-order valence-electron chi connectivity index (χ2n) is 7.78. The maximum absolute atomic E-state index is 13.2. The first-order valence-electron chi connectivity index (χ1n) is 10.0. The van der Waals surface area contributed by atoms with Crippen molar-refractivity contribution in [3.8, 4) is 11.3 Å². The molecular weight excluding hydrogens is 426 g/mol. The van der Waals surface area contributed by atoms with E-state index in [0.717, 1.165) is 12.1 Å². The molecule has 1 aromatic heterocycles. The van der Waals surface area contributed by atoms with Crippen LogP contribution in [0.25, 0.3) is 11.3 Å². The van der Waals surface area contributed by atoms with Crippen LogP contribution in [-0.4, -0.2) is 17.1 Å². The fourth-order valence-corrected chi connectivity index (χ4v) is 2.89. The van der Waals surface area contributed by atoms with E-state index in [9.17, 15) is 22.4 Å². The van der Waals surface area contributed by atoms with Gasteiger partial charge in [0.1, 0.15) is 5.82 Å². The van der Waals surface area contributed by atoms with Crippen LogP contribution < -0.4 is 10.6 Å². The van der Waals surface area contributed by atoms with Crippen LogP contribution in [0.1, 0.15) is 42.4 Å². The molecule has 5 nitrogen and oxygen atoms in total. The van der Waals surface area contributed by atoms with Gasteiger partial charge in [-0.3, -0.25) is 4.79 Å². The Kier molecular flexibility index (Phi) is 6.86. The molecule has 0 saturated heterocycles. The molecule has 0 bridgehead atoms. The van der Waals surface area contributed by atoms with Crippen molar-refractivity contribution in [2.75, 3.05) is 5.32 Å². The lowest BCUT2D eigenvalue weighted by molar-refractivity contribution is -0.137. The quantitative estimate of drug-likeness (QED) is 0.442. The van der Waals surface area contributed by atoms with E-state index in [1.807, 2.05) is 20.8 Å². The molecule has 3 aromatic rings. The van der Waals surface area contributed by atoms with Gasteiger partial charge < -0.3 is 15.2 Å². The van der Waals surface area contributed by atoms with Crippen molar-refractivity contribution >= 4 is 11.6 Å². The lowest BCUT2D eigenvalue weighted by atomic mass is 10.0. The summed E-state index contributed by atoms with van der Waals surface area (Å²) in [6.07, 6.45) is -4.47. The molecule has 0 spiro atoms. The number of carbonyl (C=O) groups excluding carboxylic acids is 1. The largest absolute Gasteiger partial charge is 0.416 e. The highest BCUT2D eigenvalue weighted by atomic mass is 19.4. The second kappa shape index (κ2) is 9.42. The van der Waals surface area contributed by atoms with Crippen molar-refractivity contribution in [3.05, 3.63) is 71.2 Å². The van der Waals surface area contributed by atoms with Crippen LogP contribution in [-0.2, 0) is 12.7 Å². The molecule has 170 valence electrons. The number of hydrogen-bond donors (Lipinski definition) is 2. The van der Waals surface area contributed by atoms with Gasteiger partial charge >= 0.3 is 6.18 Å². The van der Waals surface area contributed by atoms with Gasteiger partial charge in [-0.1, -0.05) is 31.1 Å². The number of amides is 1. The molecule has 0 radical (unpaired) electrons. The van der Waals surface area contributed by atoms with Crippen molar-refractivity contribution in [1.29, 1.82) is 0 Å². The third-order valence-electron chi connectivity index (χ3n) is 5.15. The summed E-state index contributed by atoms with van der Waals surface area (Å²) in [5, 5.41) is 9.81. The monoisotopic (exact) mass is 449 g/mol. The Balaban J connectivity index is 1.94. The van der Waals surface area contributed by atoms with Crippen LogP contribution in [0.4, 0.5) is 23.2 Å². The number of rotatable bonds is 7. The highest BCUT2D eigenvalue weighted by Gasteiger charge is 2.31. The standard InChI is InChI=1S/C23H23F4N3O2/c1-13(2)14(3)29-22(31)20-19(12-28-18-10-8-17(24)9-11-18)21(32-30-20)15-4-6-16(7-5-15)23(25,26)27/h4-11,13-14,28H,12H2,1-3H3,(H,29,31)/t14-/m0/s1. The average Bonchev–Trinajstić information content (AvgIpc) is 3.16. The van der Waals surface area contributed by atoms with E-state index < -0.39 is 23.5 Å². The van der Waals surface area contributed by atoms with E-state index >= 15 is 0 Å². The van der Waals surface area contributed by atoms with E-state index in [0.29, 0.717) is 16.8 Å². The van der Waals surface area contributed by atoms with E-state index in [4.69, 9.17) is 4.52 Å². The van der Waals surface area contributed by atoms with E-state index in [1.54, 1.807) is 0 Å². The van der Waals surface area contributed by atoms with Gasteiger partial charge in [0.2, 0.25) is 0 Å². The molecular formula is C23H23F4N3O2. The molecule has 1 atom stereocenters. The lowest BCUT2D eigenvalue weighted by Gasteiger charge is -2.17. The number of nitrogens with one attached hydrogen (secondary N) is 2. The predicted octanol–water partition coefficient (Wildman–Crippen LogP) is 5.89. The summed E-state index contributed by atoms with van der Waals surface area (Å²) in [4.78, 5) is 12.8. The summed E-state index contributed by atoms with van der Waals surface area (Å²) in [5.74, 6) is -0.491. The molecule has 0 aliphatic heterocycles. The first-order valence-corrected chi connectivity index (χ1v) is 10.0. The maximum atomic E-state index is 13.2. The summed E-state index contributed by atoms with van der Waals surface area (Å²) in [6, 6.07) is 9.90. The number of anilines is 1. The lowest BCUT2D eigenvalue weighted by Crippen LogP contribution is -2.36. The van der Waals surface area contributed by atoms with Crippen LogP contribution in [0.15, 0.2) is 53.1 Å². The van der Waals surface area contributed by atoms with Crippen LogP contribution in [0.2, 0.25) is 0 Å². The summed E-state index contributed by atoms with van der Waals surface area (Å²) < 4.78 is 57.3. The van der Waals surface area contributed by atoms with Gasteiger partial charge in [-0.05, 0) is 49.2 Å². The maximum Gasteiger partial charge on any atom is 0.416 e. The zero-order valence-corrected chi connectivity index (χ0v) is 17.8. The molecule has 9 heteroatoms. The summed E-state index contributed by atoms with van der Waals surface area (Å²) in [5.41, 5.74) is 0.547. The molecule has 2 aromatic carbocycles. The second-order valence-corrected chi connectivity index (χ2v) is 7.78. The van der Waals surface area contributed by atoms with Crippen LogP contribution in [0.3, 0.4) is 0 Å². The number of hydrogen-bond acceptors (Lipinski definition) is 4. The zero-order chi connectivity index (χ0) is 23.5. The van der Waals surface area contributed by atoms with Crippen molar-refractivity contribution < 1.29 is 26.9 Å². The minimum absolute atomic E-state index is 0.0296. The Bertz CT molecular complexity index is 1060. The number of carbonyl (C=O) groups is 1. The number of alkyl halides is 3. The van der Waals surface area contributed by atoms with Crippen LogP contribution in [0.5, 0.6) is 0 Å². The predicted molar refractivity (Wildman–Crippen MR) is 112 cm³/mol. The van der Waals surface area contributed by atoms with Crippen LogP contribution in [0, 0.1) is 11.7 Å². The topological polar surface area (TPSA) is 67.2 Å². The molecule has 0 unspecified atom stereocenters. The van der Waals surface area contributed by atoms with Gasteiger partial charge in [0.25, 0.3) is 5.91 Å². The normalized spacial score (nSPS) is 12.6. The Morgan fingerprint density at radius 2 is 1.66 bits per heavy atom. The number of nitrogens with zero attached hydrogens (tertiary/aromatic N) is 1. The Morgan fingerprint density at radius 3 is 2.22 bits per heavy atom. The van der Waals surface area contributed by atoms with Gasteiger partial charge in [0, 0.05) is 23.8 Å². The summed E-state index contributed by atoms with van der Waals surface area (Å²) in [7, 11) is 0. The number of halogens is 4.